The maximum absolute atomic E-state index is 10.9. The summed E-state index contributed by atoms with van der Waals surface area (Å²) >= 11 is 0. The van der Waals surface area contributed by atoms with Crippen molar-refractivity contribution >= 4 is 11.3 Å². The number of nitrogens with zero attached hydrogens (tertiary/aromatic N) is 2. The van der Waals surface area contributed by atoms with Crippen molar-refractivity contribution in [2.45, 2.75) is 25.8 Å². The number of nitrogens with two attached hydrogens (primary N) is 1. The second-order valence-corrected chi connectivity index (χ2v) is 4.55. The maximum atomic E-state index is 10.9. The highest BCUT2D eigenvalue weighted by atomic mass is 16.6. The lowest BCUT2D eigenvalue weighted by atomic mass is 9.84. The van der Waals surface area contributed by atoms with Crippen molar-refractivity contribution in [3.05, 3.63) is 40.2 Å². The average molecular weight is 233 g/mol. The lowest BCUT2D eigenvalue weighted by Gasteiger charge is -2.23. The summed E-state index contributed by atoms with van der Waals surface area (Å²) in [7, 11) is 0. The highest BCUT2D eigenvalue weighted by molar-refractivity contribution is 5.73. The summed E-state index contributed by atoms with van der Waals surface area (Å²) in [5, 5.41) is 10.9. The van der Waals surface area contributed by atoms with Gasteiger partial charge in [-0.2, -0.15) is 0 Å². The minimum Gasteiger partial charge on any atom is -0.324 e. The second kappa shape index (κ2) is 4.63. The zero-order valence-electron chi connectivity index (χ0n) is 9.67. The Kier molecular flexibility index (Phi) is 3.19. The molecule has 0 saturated carbocycles. The summed E-state index contributed by atoms with van der Waals surface area (Å²) in [5.41, 5.74) is 7.58. The van der Waals surface area contributed by atoms with Crippen molar-refractivity contribution in [1.29, 1.82) is 0 Å². The molecule has 0 saturated heterocycles. The maximum Gasteiger partial charge on any atom is 0.294 e. The summed E-state index contributed by atoms with van der Waals surface area (Å²) in [6.07, 6.45) is 6.57. The number of allylic oxidation sites excluding steroid dienone is 1. The molecule has 2 N–H and O–H groups in total. The molecule has 17 heavy (non-hydrogen) atoms. The molecule has 5 nitrogen and oxygen atoms in total. The lowest BCUT2D eigenvalue weighted by molar-refractivity contribution is -0.385. The molecule has 1 heterocycles. The highest BCUT2D eigenvalue weighted by Crippen LogP contribution is 2.34. The van der Waals surface area contributed by atoms with E-state index in [1.165, 1.54) is 6.20 Å². The molecule has 0 fully saturated rings. The van der Waals surface area contributed by atoms with Gasteiger partial charge in [-0.25, -0.2) is 0 Å². The Hall–Kier alpha value is -1.75. The Labute approximate surface area is 99.5 Å². The van der Waals surface area contributed by atoms with Crippen LogP contribution < -0.4 is 5.73 Å². The summed E-state index contributed by atoms with van der Waals surface area (Å²) in [6.45, 7) is 2.11. The Morgan fingerprint density at radius 3 is 3.00 bits per heavy atom. The van der Waals surface area contributed by atoms with Gasteiger partial charge in [0.25, 0.3) is 5.69 Å². The van der Waals surface area contributed by atoms with Gasteiger partial charge in [0.05, 0.1) is 10.5 Å². The topological polar surface area (TPSA) is 82.0 Å². The summed E-state index contributed by atoms with van der Waals surface area (Å²) in [6, 6.07) is 1.68. The van der Waals surface area contributed by atoms with E-state index >= 15 is 0 Å². The summed E-state index contributed by atoms with van der Waals surface area (Å²) in [4.78, 5) is 14.3. The average Bonchev–Trinajstić information content (AvgIpc) is 2.27. The fraction of sp³-hybridized carbons (Fsp3) is 0.417. The Morgan fingerprint density at radius 1 is 1.59 bits per heavy atom. The van der Waals surface area contributed by atoms with Crippen LogP contribution in [0.5, 0.6) is 0 Å². The van der Waals surface area contributed by atoms with Gasteiger partial charge >= 0.3 is 0 Å². The third-order valence-electron chi connectivity index (χ3n) is 3.00. The fourth-order valence-electron chi connectivity index (χ4n) is 2.32. The van der Waals surface area contributed by atoms with E-state index in [2.05, 4.69) is 11.9 Å². The molecule has 2 unspecified atom stereocenters. The molecule has 1 aliphatic carbocycles. The zero-order chi connectivity index (χ0) is 12.4. The molecule has 1 aromatic rings. The minimum atomic E-state index is -0.395. The van der Waals surface area contributed by atoms with Gasteiger partial charge in [-0.05, 0) is 30.4 Å². The molecule has 0 radical (unpaired) electrons. The zero-order valence-corrected chi connectivity index (χ0v) is 9.67. The SMILES string of the molecule is CC1CC(c2ccncc2[N+](=O)[O-])=CC(N)C1. The Bertz CT molecular complexity index is 471. The third kappa shape index (κ3) is 2.50. The van der Waals surface area contributed by atoms with Crippen LogP contribution in [0.3, 0.4) is 0 Å². The standard InChI is InChI=1S/C12H15N3O2/c1-8-4-9(6-10(13)5-8)11-2-3-14-7-12(11)15(16)17/h2-3,6-8,10H,4-5,13H2,1H3. The number of hydrogen-bond donors (Lipinski definition) is 1. The van der Waals surface area contributed by atoms with Crippen LogP contribution in [-0.2, 0) is 0 Å². The van der Waals surface area contributed by atoms with Crippen molar-refractivity contribution in [2.24, 2.45) is 11.7 Å². The minimum absolute atomic E-state index is 0.0125. The Morgan fingerprint density at radius 2 is 2.35 bits per heavy atom. The second-order valence-electron chi connectivity index (χ2n) is 4.55. The predicted octanol–water partition coefficient (Wildman–Crippen LogP) is 2.13. The number of aromatic nitrogens is 1. The number of hydrogen-bond acceptors (Lipinski definition) is 4. The molecule has 1 aromatic heterocycles. The normalized spacial score (nSPS) is 24.2. The van der Waals surface area contributed by atoms with Crippen LogP contribution in [0.1, 0.15) is 25.3 Å². The van der Waals surface area contributed by atoms with E-state index in [-0.39, 0.29) is 11.7 Å². The van der Waals surface area contributed by atoms with Gasteiger partial charge in [0, 0.05) is 12.2 Å². The van der Waals surface area contributed by atoms with Crippen molar-refractivity contribution in [3.8, 4) is 0 Å². The van der Waals surface area contributed by atoms with Crippen LogP contribution in [-0.4, -0.2) is 15.9 Å². The number of nitro groups is 1. The Balaban J connectivity index is 2.43. The first kappa shape index (κ1) is 11.7. The van der Waals surface area contributed by atoms with E-state index in [9.17, 15) is 10.1 Å². The van der Waals surface area contributed by atoms with Gasteiger partial charge in [0.15, 0.2) is 0 Å². The summed E-state index contributed by atoms with van der Waals surface area (Å²) < 4.78 is 0. The van der Waals surface area contributed by atoms with Crippen LogP contribution in [0.25, 0.3) is 5.57 Å². The van der Waals surface area contributed by atoms with Gasteiger partial charge in [-0.3, -0.25) is 15.1 Å². The van der Waals surface area contributed by atoms with Crippen molar-refractivity contribution in [3.63, 3.8) is 0 Å². The molecule has 0 aliphatic heterocycles. The summed E-state index contributed by atoms with van der Waals surface area (Å²) in [5.74, 6) is 0.456. The molecule has 0 aromatic carbocycles. The van der Waals surface area contributed by atoms with E-state index in [1.54, 1.807) is 12.3 Å². The fourth-order valence-corrected chi connectivity index (χ4v) is 2.32. The van der Waals surface area contributed by atoms with E-state index in [0.717, 1.165) is 18.4 Å². The van der Waals surface area contributed by atoms with E-state index in [1.807, 2.05) is 6.08 Å². The van der Waals surface area contributed by atoms with Gasteiger partial charge in [0.1, 0.15) is 6.20 Å². The van der Waals surface area contributed by atoms with E-state index in [4.69, 9.17) is 5.73 Å². The van der Waals surface area contributed by atoms with Crippen molar-refractivity contribution in [1.82, 2.24) is 4.98 Å². The third-order valence-corrected chi connectivity index (χ3v) is 3.00. The molecule has 0 spiro atoms. The van der Waals surface area contributed by atoms with Gasteiger partial charge in [-0.15, -0.1) is 0 Å². The predicted molar refractivity (Wildman–Crippen MR) is 65.2 cm³/mol. The molecule has 0 amide bonds. The molecule has 1 aliphatic rings. The molecule has 2 atom stereocenters. The van der Waals surface area contributed by atoms with Crippen LogP contribution in [0, 0.1) is 16.0 Å². The molecule has 5 heteroatoms. The quantitative estimate of drug-likeness (QED) is 0.626. The van der Waals surface area contributed by atoms with Gasteiger partial charge in [-0.1, -0.05) is 13.0 Å². The first-order valence-corrected chi connectivity index (χ1v) is 5.63. The smallest absolute Gasteiger partial charge is 0.294 e. The van der Waals surface area contributed by atoms with Crippen LogP contribution in [0.2, 0.25) is 0 Å². The number of rotatable bonds is 2. The van der Waals surface area contributed by atoms with Crippen LogP contribution in [0.15, 0.2) is 24.5 Å². The molecule has 0 bridgehead atoms. The van der Waals surface area contributed by atoms with Crippen LogP contribution >= 0.6 is 0 Å². The van der Waals surface area contributed by atoms with E-state index in [0.29, 0.717) is 11.5 Å². The van der Waals surface area contributed by atoms with Gasteiger partial charge in [0.2, 0.25) is 0 Å². The first-order valence-electron chi connectivity index (χ1n) is 5.63. The molecule has 90 valence electrons. The largest absolute Gasteiger partial charge is 0.324 e. The molecular formula is C12H15N3O2. The van der Waals surface area contributed by atoms with Crippen molar-refractivity contribution < 1.29 is 4.92 Å². The van der Waals surface area contributed by atoms with E-state index < -0.39 is 4.92 Å². The molecular weight excluding hydrogens is 218 g/mol. The number of pyridine rings is 1. The lowest BCUT2D eigenvalue weighted by Crippen LogP contribution is -2.24. The molecule has 2 rings (SSSR count). The monoisotopic (exact) mass is 233 g/mol. The highest BCUT2D eigenvalue weighted by Gasteiger charge is 2.23. The van der Waals surface area contributed by atoms with Crippen LogP contribution in [0.4, 0.5) is 5.69 Å². The van der Waals surface area contributed by atoms with Gasteiger partial charge < -0.3 is 5.73 Å². The first-order chi connectivity index (χ1) is 8.08. The van der Waals surface area contributed by atoms with Crippen molar-refractivity contribution in [2.75, 3.05) is 0 Å².